The molecule has 0 aromatic heterocycles. The number of rotatable bonds is 4. The van der Waals surface area contributed by atoms with Crippen molar-refractivity contribution in [2.24, 2.45) is 5.92 Å². The lowest BCUT2D eigenvalue weighted by molar-refractivity contribution is -0.156. The van der Waals surface area contributed by atoms with Gasteiger partial charge in [0.1, 0.15) is 0 Å². The molecule has 0 N–H and O–H groups in total. The third-order valence-electron chi connectivity index (χ3n) is 3.79. The Bertz CT molecular complexity index is 576. The summed E-state index contributed by atoms with van der Waals surface area (Å²) < 4.78 is 4.25. The maximum atomic E-state index is 12.5. The molecule has 1 saturated carbocycles. The maximum absolute atomic E-state index is 12.5. The van der Waals surface area contributed by atoms with Crippen molar-refractivity contribution in [2.45, 2.75) is 25.2 Å². The summed E-state index contributed by atoms with van der Waals surface area (Å²) in [5.74, 6) is -5.11. The largest absolute Gasteiger partial charge is 0.463 e. The van der Waals surface area contributed by atoms with E-state index in [1.54, 1.807) is 0 Å². The molecule has 0 amide bonds. The molecule has 21 heavy (non-hydrogen) atoms. The van der Waals surface area contributed by atoms with Gasteiger partial charge in [0.25, 0.3) is 0 Å². The molecule has 5 nitrogen and oxygen atoms in total. The Morgan fingerprint density at radius 3 is 2.38 bits per heavy atom. The average molecular weight is 288 g/mol. The van der Waals surface area contributed by atoms with Gasteiger partial charge in [-0.15, -0.1) is 0 Å². The Morgan fingerprint density at radius 1 is 1.10 bits per heavy atom. The molecule has 0 unspecified atom stereocenters. The van der Waals surface area contributed by atoms with E-state index in [-0.39, 0.29) is 11.7 Å². The van der Waals surface area contributed by atoms with Gasteiger partial charge in [0, 0.05) is 5.92 Å². The van der Waals surface area contributed by atoms with E-state index < -0.39 is 23.5 Å². The lowest BCUT2D eigenvalue weighted by Gasteiger charge is -2.26. The number of carbonyl (C=O) groups excluding carboxylic acids is 4. The van der Waals surface area contributed by atoms with Crippen molar-refractivity contribution in [3.63, 3.8) is 0 Å². The van der Waals surface area contributed by atoms with Gasteiger partial charge >= 0.3 is 11.8 Å². The zero-order valence-corrected chi connectivity index (χ0v) is 11.7. The molecule has 2 atom stereocenters. The van der Waals surface area contributed by atoms with E-state index in [0.29, 0.717) is 19.3 Å². The highest BCUT2D eigenvalue weighted by Crippen LogP contribution is 2.33. The van der Waals surface area contributed by atoms with Crippen LogP contribution in [0.25, 0.3) is 0 Å². The van der Waals surface area contributed by atoms with E-state index in [4.69, 9.17) is 0 Å². The van der Waals surface area contributed by atoms with Gasteiger partial charge in [-0.2, -0.15) is 0 Å². The molecule has 110 valence electrons. The molecule has 2 rings (SSSR count). The number of hydrogen-bond donors (Lipinski definition) is 0. The minimum atomic E-state index is -1.25. The highest BCUT2D eigenvalue weighted by molar-refractivity contribution is 6.63. The monoisotopic (exact) mass is 288 g/mol. The van der Waals surface area contributed by atoms with Gasteiger partial charge in [0.15, 0.2) is 5.78 Å². The average Bonchev–Trinajstić information content (AvgIpc) is 2.53. The molecule has 0 bridgehead atoms. The van der Waals surface area contributed by atoms with Crippen molar-refractivity contribution in [3.8, 4) is 0 Å². The number of ketones is 3. The van der Waals surface area contributed by atoms with Crippen LogP contribution in [0.2, 0.25) is 0 Å². The van der Waals surface area contributed by atoms with Gasteiger partial charge in [0.05, 0.1) is 13.0 Å². The second-order valence-electron chi connectivity index (χ2n) is 5.03. The lowest BCUT2D eigenvalue weighted by atomic mass is 9.74. The summed E-state index contributed by atoms with van der Waals surface area (Å²) in [4.78, 5) is 47.2. The minimum Gasteiger partial charge on any atom is -0.463 e. The summed E-state index contributed by atoms with van der Waals surface area (Å²) in [5, 5.41) is 0. The summed E-state index contributed by atoms with van der Waals surface area (Å²) in [5.41, 5.74) is 0.838. The Balaban J connectivity index is 2.19. The van der Waals surface area contributed by atoms with Gasteiger partial charge in [-0.1, -0.05) is 36.8 Å². The first kappa shape index (κ1) is 15.1. The summed E-state index contributed by atoms with van der Waals surface area (Å²) in [6, 6.07) is 9.16. The van der Waals surface area contributed by atoms with Crippen molar-refractivity contribution in [1.29, 1.82) is 0 Å². The van der Waals surface area contributed by atoms with E-state index in [2.05, 4.69) is 4.74 Å². The van der Waals surface area contributed by atoms with Gasteiger partial charge < -0.3 is 4.74 Å². The van der Waals surface area contributed by atoms with Crippen LogP contribution in [0.15, 0.2) is 30.3 Å². The molecule has 0 aliphatic heterocycles. The van der Waals surface area contributed by atoms with Crippen molar-refractivity contribution < 1.29 is 23.9 Å². The molecule has 0 heterocycles. The van der Waals surface area contributed by atoms with Gasteiger partial charge in [0.2, 0.25) is 5.78 Å². The summed E-state index contributed by atoms with van der Waals surface area (Å²) in [7, 11) is 1.03. The summed E-state index contributed by atoms with van der Waals surface area (Å²) in [6.45, 7) is 0. The third kappa shape index (κ3) is 3.07. The van der Waals surface area contributed by atoms with E-state index in [1.165, 1.54) is 0 Å². The molecule has 1 aliphatic carbocycles. The number of methoxy groups -OCH3 is 1. The number of hydrogen-bond acceptors (Lipinski definition) is 5. The smallest absolute Gasteiger partial charge is 0.382 e. The number of Topliss-reactive ketones (excluding diaryl/α,β-unsaturated/α-hetero) is 3. The van der Waals surface area contributed by atoms with Crippen LogP contribution in [0.1, 0.15) is 30.7 Å². The molecule has 1 aliphatic rings. The van der Waals surface area contributed by atoms with Crippen LogP contribution in [0.5, 0.6) is 0 Å². The van der Waals surface area contributed by atoms with E-state index in [1.807, 2.05) is 30.3 Å². The summed E-state index contributed by atoms with van der Waals surface area (Å²) >= 11 is 0. The minimum absolute atomic E-state index is 0.283. The van der Waals surface area contributed by atoms with Crippen molar-refractivity contribution >= 4 is 23.3 Å². The van der Waals surface area contributed by atoms with Crippen molar-refractivity contribution in [3.05, 3.63) is 35.9 Å². The first-order valence-electron chi connectivity index (χ1n) is 6.81. The second-order valence-corrected chi connectivity index (χ2v) is 5.03. The van der Waals surface area contributed by atoms with E-state index >= 15 is 0 Å². The van der Waals surface area contributed by atoms with Crippen molar-refractivity contribution in [1.82, 2.24) is 0 Å². The fourth-order valence-corrected chi connectivity index (χ4v) is 2.68. The first-order valence-corrected chi connectivity index (χ1v) is 6.81. The van der Waals surface area contributed by atoms with Gasteiger partial charge in [-0.05, 0) is 18.4 Å². The molecule has 5 heteroatoms. The van der Waals surface area contributed by atoms with Crippen LogP contribution in [0.4, 0.5) is 0 Å². The normalized spacial score (nSPS) is 21.7. The SMILES string of the molecule is COC(=O)C(=O)C(=O)[C@H]1CCC[C@H](c2ccccc2)C1=O. The van der Waals surface area contributed by atoms with Crippen LogP contribution in [0, 0.1) is 5.92 Å². The zero-order chi connectivity index (χ0) is 15.4. The fourth-order valence-electron chi connectivity index (χ4n) is 2.68. The Kier molecular flexibility index (Phi) is 4.62. The number of carbonyl (C=O) groups is 4. The van der Waals surface area contributed by atoms with E-state index in [0.717, 1.165) is 12.7 Å². The van der Waals surface area contributed by atoms with Gasteiger partial charge in [-0.3, -0.25) is 14.4 Å². The molecule has 1 aromatic rings. The molecular formula is C16H16O5. The molecule has 0 spiro atoms. The molecule has 1 fully saturated rings. The van der Waals surface area contributed by atoms with Crippen molar-refractivity contribution in [2.75, 3.05) is 7.11 Å². The number of benzene rings is 1. The maximum Gasteiger partial charge on any atom is 0.382 e. The van der Waals surface area contributed by atoms with Crippen LogP contribution < -0.4 is 0 Å². The van der Waals surface area contributed by atoms with Crippen LogP contribution in [-0.4, -0.2) is 30.4 Å². The molecule has 0 saturated heterocycles. The van der Waals surface area contributed by atoms with Crippen LogP contribution >= 0.6 is 0 Å². The highest BCUT2D eigenvalue weighted by atomic mass is 16.5. The summed E-state index contributed by atoms with van der Waals surface area (Å²) in [6.07, 6.45) is 1.62. The Labute approximate surface area is 122 Å². The fraction of sp³-hybridized carbons (Fsp3) is 0.375. The molecule has 1 aromatic carbocycles. The molecular weight excluding hydrogens is 272 g/mol. The van der Waals surface area contributed by atoms with E-state index in [9.17, 15) is 19.2 Å². The zero-order valence-electron chi connectivity index (χ0n) is 11.7. The third-order valence-corrected chi connectivity index (χ3v) is 3.79. The second kappa shape index (κ2) is 6.43. The predicted molar refractivity (Wildman–Crippen MR) is 73.6 cm³/mol. The predicted octanol–water partition coefficient (Wildman–Crippen LogP) is 1.45. The Morgan fingerprint density at radius 2 is 1.76 bits per heavy atom. The first-order chi connectivity index (χ1) is 10.1. The lowest BCUT2D eigenvalue weighted by Crippen LogP contribution is -2.39. The number of esters is 1. The highest BCUT2D eigenvalue weighted by Gasteiger charge is 2.40. The van der Waals surface area contributed by atoms with Crippen LogP contribution in [0.3, 0.4) is 0 Å². The standard InChI is InChI=1S/C16H16O5/c1-21-16(20)15(19)14(18)12-9-5-8-11(13(12)17)10-6-3-2-4-7-10/h2-4,6-7,11-12H,5,8-9H2,1H3/t11-,12+/m1/s1. The molecule has 0 radical (unpaired) electrons. The topological polar surface area (TPSA) is 77.5 Å². The van der Waals surface area contributed by atoms with Gasteiger partial charge in [-0.25, -0.2) is 4.79 Å². The van der Waals surface area contributed by atoms with Crippen LogP contribution in [-0.2, 0) is 23.9 Å². The Hall–Kier alpha value is -2.30. The number of ether oxygens (including phenoxy) is 1. The quantitative estimate of drug-likeness (QED) is 0.476.